The van der Waals surface area contributed by atoms with Gasteiger partial charge in [0.2, 0.25) is 10.0 Å². The van der Waals surface area contributed by atoms with Crippen LogP contribution in [0.25, 0.3) is 11.2 Å². The van der Waals surface area contributed by atoms with Crippen LogP contribution in [0.5, 0.6) is 0 Å². The number of aromatic nitrogens is 4. The number of sulfonamides is 1. The summed E-state index contributed by atoms with van der Waals surface area (Å²) in [5, 5.41) is 0.716. The van der Waals surface area contributed by atoms with Crippen LogP contribution in [0.15, 0.2) is 28.5 Å². The molecule has 0 saturated carbocycles. The summed E-state index contributed by atoms with van der Waals surface area (Å²) in [7, 11) is -3.27. The number of hydrogen-bond acceptors (Lipinski definition) is 7. The van der Waals surface area contributed by atoms with Gasteiger partial charge in [0.15, 0.2) is 22.1 Å². The Morgan fingerprint density at radius 1 is 1.29 bits per heavy atom. The predicted molar refractivity (Wildman–Crippen MR) is 118 cm³/mol. The zero-order chi connectivity index (χ0) is 19.9. The standard InChI is InChI=1S/C17H19IN6O2S2/c1-28(25,26)22-5-6-24-16-14(15(19)20-9-21-16)23-17(24)27-13-8-11-4-2-3-10(11)7-12(13)18/h7-9,22H,2-6H2,1H3,(H2,19,20,21). The van der Waals surface area contributed by atoms with Crippen LogP contribution in [-0.2, 0) is 29.4 Å². The third-order valence-corrected chi connectivity index (χ3v) is 7.61. The number of nitrogen functional groups attached to an aromatic ring is 1. The second kappa shape index (κ2) is 7.76. The molecular formula is C17H19IN6O2S2. The van der Waals surface area contributed by atoms with Crippen molar-refractivity contribution in [2.75, 3.05) is 18.5 Å². The number of nitrogens with one attached hydrogen (secondary N) is 1. The number of rotatable bonds is 6. The number of fused-ring (bicyclic) bond motifs is 2. The van der Waals surface area contributed by atoms with Gasteiger partial charge in [0.05, 0.1) is 6.26 Å². The zero-order valence-corrected chi connectivity index (χ0v) is 18.9. The van der Waals surface area contributed by atoms with Crippen molar-refractivity contribution < 1.29 is 8.42 Å². The lowest BCUT2D eigenvalue weighted by molar-refractivity contribution is 0.573. The molecule has 0 radical (unpaired) electrons. The maximum atomic E-state index is 11.4. The molecule has 0 aliphatic heterocycles. The van der Waals surface area contributed by atoms with Crippen LogP contribution < -0.4 is 10.5 Å². The molecule has 0 atom stereocenters. The van der Waals surface area contributed by atoms with E-state index in [1.165, 1.54) is 27.4 Å². The van der Waals surface area contributed by atoms with E-state index in [0.29, 0.717) is 28.7 Å². The maximum absolute atomic E-state index is 11.4. The fourth-order valence-corrected chi connectivity index (χ4v) is 5.61. The molecule has 0 spiro atoms. The van der Waals surface area contributed by atoms with Gasteiger partial charge in [-0.15, -0.1) is 0 Å². The lowest BCUT2D eigenvalue weighted by Gasteiger charge is -2.11. The van der Waals surface area contributed by atoms with Crippen molar-refractivity contribution in [3.05, 3.63) is 33.2 Å². The molecule has 8 nitrogen and oxygen atoms in total. The average Bonchev–Trinajstić information content (AvgIpc) is 3.20. The highest BCUT2D eigenvalue weighted by molar-refractivity contribution is 14.1. The highest BCUT2D eigenvalue weighted by Gasteiger charge is 2.19. The first-order valence-electron chi connectivity index (χ1n) is 8.72. The number of halogens is 1. The summed E-state index contributed by atoms with van der Waals surface area (Å²) in [5.41, 5.74) is 9.93. The van der Waals surface area contributed by atoms with Crippen molar-refractivity contribution >= 4 is 61.4 Å². The number of benzene rings is 1. The van der Waals surface area contributed by atoms with E-state index in [9.17, 15) is 8.42 Å². The van der Waals surface area contributed by atoms with Gasteiger partial charge in [0.1, 0.15) is 6.33 Å². The summed E-state index contributed by atoms with van der Waals surface area (Å²) >= 11 is 3.90. The molecule has 2 aromatic heterocycles. The lowest BCUT2D eigenvalue weighted by Crippen LogP contribution is -2.26. The van der Waals surface area contributed by atoms with Crippen molar-refractivity contribution in [2.45, 2.75) is 35.9 Å². The van der Waals surface area contributed by atoms with E-state index in [1.807, 2.05) is 4.57 Å². The van der Waals surface area contributed by atoms with E-state index in [4.69, 9.17) is 5.73 Å². The molecule has 0 bridgehead atoms. The topological polar surface area (TPSA) is 116 Å². The van der Waals surface area contributed by atoms with E-state index >= 15 is 0 Å². The van der Waals surface area contributed by atoms with Crippen LogP contribution in [0.4, 0.5) is 5.82 Å². The highest BCUT2D eigenvalue weighted by atomic mass is 127. The number of imidazole rings is 1. The Labute approximate surface area is 180 Å². The quantitative estimate of drug-likeness (QED) is 0.470. The molecule has 4 rings (SSSR count). The minimum absolute atomic E-state index is 0.239. The molecule has 0 amide bonds. The second-order valence-electron chi connectivity index (χ2n) is 6.65. The maximum Gasteiger partial charge on any atom is 0.208 e. The SMILES string of the molecule is CS(=O)(=O)NCCn1c(Sc2cc3c(cc2I)CCC3)nc2c(N)ncnc21. The fourth-order valence-electron chi connectivity index (χ4n) is 3.30. The Bertz CT molecular complexity index is 1160. The third kappa shape index (κ3) is 4.11. The van der Waals surface area contributed by atoms with Gasteiger partial charge >= 0.3 is 0 Å². The molecule has 1 aliphatic carbocycles. The molecule has 0 unspecified atom stereocenters. The molecular weight excluding hydrogens is 511 g/mol. The Morgan fingerprint density at radius 3 is 2.79 bits per heavy atom. The number of aryl methyl sites for hydroxylation is 2. The van der Waals surface area contributed by atoms with Crippen LogP contribution in [0.2, 0.25) is 0 Å². The minimum Gasteiger partial charge on any atom is -0.382 e. The largest absolute Gasteiger partial charge is 0.382 e. The third-order valence-electron chi connectivity index (χ3n) is 4.57. The van der Waals surface area contributed by atoms with Gasteiger partial charge in [-0.05, 0) is 65.1 Å². The number of hydrogen-bond donors (Lipinski definition) is 2. The lowest BCUT2D eigenvalue weighted by atomic mass is 10.1. The molecule has 2 heterocycles. The van der Waals surface area contributed by atoms with Crippen molar-refractivity contribution in [1.29, 1.82) is 0 Å². The van der Waals surface area contributed by atoms with E-state index < -0.39 is 10.0 Å². The van der Waals surface area contributed by atoms with Crippen molar-refractivity contribution in [3.63, 3.8) is 0 Å². The van der Waals surface area contributed by atoms with Crippen LogP contribution in [0.1, 0.15) is 17.5 Å². The molecule has 1 aliphatic rings. The monoisotopic (exact) mass is 530 g/mol. The summed E-state index contributed by atoms with van der Waals surface area (Å²) in [6, 6.07) is 4.49. The van der Waals surface area contributed by atoms with E-state index in [-0.39, 0.29) is 6.54 Å². The minimum atomic E-state index is -3.27. The second-order valence-corrected chi connectivity index (χ2v) is 10.7. The van der Waals surface area contributed by atoms with E-state index in [2.05, 4.69) is 54.4 Å². The van der Waals surface area contributed by atoms with Crippen LogP contribution in [0.3, 0.4) is 0 Å². The summed E-state index contributed by atoms with van der Waals surface area (Å²) in [4.78, 5) is 14.1. The van der Waals surface area contributed by atoms with Crippen molar-refractivity contribution in [1.82, 2.24) is 24.2 Å². The van der Waals surface area contributed by atoms with Gasteiger partial charge in [0.25, 0.3) is 0 Å². The zero-order valence-electron chi connectivity index (χ0n) is 15.1. The first-order valence-corrected chi connectivity index (χ1v) is 12.5. The van der Waals surface area contributed by atoms with Crippen molar-refractivity contribution in [3.8, 4) is 0 Å². The summed E-state index contributed by atoms with van der Waals surface area (Å²) in [5.74, 6) is 0.310. The van der Waals surface area contributed by atoms with Gasteiger partial charge in [-0.25, -0.2) is 28.1 Å². The smallest absolute Gasteiger partial charge is 0.208 e. The number of nitrogens with two attached hydrogens (primary N) is 1. The molecule has 3 aromatic rings. The van der Waals surface area contributed by atoms with Gasteiger partial charge in [-0.1, -0.05) is 11.8 Å². The Kier molecular flexibility index (Phi) is 5.51. The normalized spacial score (nSPS) is 13.9. The molecule has 28 heavy (non-hydrogen) atoms. The Hall–Kier alpha value is -1.44. The van der Waals surface area contributed by atoms with Crippen molar-refractivity contribution in [2.24, 2.45) is 0 Å². The Balaban J connectivity index is 1.71. The number of anilines is 1. The van der Waals surface area contributed by atoms with Crippen LogP contribution in [-0.4, -0.2) is 40.7 Å². The molecule has 11 heteroatoms. The number of nitrogens with zero attached hydrogens (tertiary/aromatic N) is 4. The van der Waals surface area contributed by atoms with E-state index in [1.54, 1.807) is 11.8 Å². The fraction of sp³-hybridized carbons (Fsp3) is 0.353. The molecule has 1 aromatic carbocycles. The van der Waals surface area contributed by atoms with Gasteiger partial charge in [0, 0.05) is 21.6 Å². The van der Waals surface area contributed by atoms with Gasteiger partial charge in [-0.3, -0.25) is 0 Å². The molecule has 148 valence electrons. The van der Waals surface area contributed by atoms with Crippen LogP contribution in [0, 0.1) is 3.57 Å². The van der Waals surface area contributed by atoms with Crippen LogP contribution >= 0.6 is 34.4 Å². The highest BCUT2D eigenvalue weighted by Crippen LogP contribution is 2.36. The van der Waals surface area contributed by atoms with Gasteiger partial charge in [-0.2, -0.15) is 0 Å². The van der Waals surface area contributed by atoms with E-state index in [0.717, 1.165) is 24.0 Å². The molecule has 0 saturated heterocycles. The molecule has 3 N–H and O–H groups in total. The summed E-state index contributed by atoms with van der Waals surface area (Å²) in [6.07, 6.45) is 5.97. The first-order chi connectivity index (χ1) is 13.3. The summed E-state index contributed by atoms with van der Waals surface area (Å²) < 4.78 is 28.4. The first kappa shape index (κ1) is 19.9. The average molecular weight is 530 g/mol. The molecule has 0 fully saturated rings. The predicted octanol–water partition coefficient (Wildman–Crippen LogP) is 2.20. The Morgan fingerprint density at radius 2 is 2.04 bits per heavy atom. The van der Waals surface area contributed by atoms with Gasteiger partial charge < -0.3 is 10.3 Å². The summed E-state index contributed by atoms with van der Waals surface area (Å²) in [6.45, 7) is 0.632.